The fraction of sp³-hybridized carbons (Fsp3) is 0.273. The lowest BCUT2D eigenvalue weighted by atomic mass is 10.2. The van der Waals surface area contributed by atoms with Crippen LogP contribution < -0.4 is 5.32 Å². The second-order valence-electron chi connectivity index (χ2n) is 3.67. The molecule has 108 valence electrons. The van der Waals surface area contributed by atoms with Crippen LogP contribution in [-0.4, -0.2) is 41.7 Å². The molecule has 0 aromatic heterocycles. The maximum Gasteiger partial charge on any atom is 0.336 e. The number of aliphatic hydroxyl groups is 1. The molecule has 0 fully saturated rings. The molecule has 1 atom stereocenters. The Morgan fingerprint density at radius 2 is 2.20 bits per heavy atom. The minimum Gasteiger partial charge on any atom is -0.467 e. The molecule has 0 saturated carbocycles. The zero-order valence-electron chi connectivity index (χ0n) is 10.3. The number of nitro benzene ring substituents is 1. The van der Waals surface area contributed by atoms with Gasteiger partial charge in [0.15, 0.2) is 6.10 Å². The van der Waals surface area contributed by atoms with Crippen LogP contribution in [0.15, 0.2) is 18.2 Å². The van der Waals surface area contributed by atoms with Gasteiger partial charge in [0.2, 0.25) is 0 Å². The van der Waals surface area contributed by atoms with Crippen LogP contribution >= 0.6 is 11.6 Å². The van der Waals surface area contributed by atoms with Crippen molar-refractivity contribution in [1.29, 1.82) is 0 Å². The highest BCUT2D eigenvalue weighted by Crippen LogP contribution is 2.24. The molecule has 1 amide bonds. The maximum atomic E-state index is 11.7. The summed E-state index contributed by atoms with van der Waals surface area (Å²) in [5, 5.41) is 21.9. The van der Waals surface area contributed by atoms with E-state index < -0.39 is 22.9 Å². The van der Waals surface area contributed by atoms with Gasteiger partial charge in [0, 0.05) is 11.6 Å². The minimum atomic E-state index is -1.49. The molecule has 0 saturated heterocycles. The van der Waals surface area contributed by atoms with Crippen LogP contribution in [0.25, 0.3) is 0 Å². The van der Waals surface area contributed by atoms with Gasteiger partial charge in [0.05, 0.1) is 18.6 Å². The first-order valence-electron chi connectivity index (χ1n) is 5.35. The Kier molecular flexibility index (Phi) is 5.42. The number of rotatable bonds is 5. The number of esters is 1. The Morgan fingerprint density at radius 3 is 2.70 bits per heavy atom. The average molecular weight is 303 g/mol. The molecular weight excluding hydrogens is 292 g/mol. The molecule has 0 heterocycles. The number of nitrogens with one attached hydrogen (secondary N) is 1. The minimum absolute atomic E-state index is 0.0673. The number of carbonyl (C=O) groups is 2. The van der Waals surface area contributed by atoms with Crippen LogP contribution in [0.1, 0.15) is 10.4 Å². The summed E-state index contributed by atoms with van der Waals surface area (Å²) in [5.74, 6) is -1.52. The standard InChI is InChI=1S/C11H11ClN2O6/c1-20-11(17)9(15)5-13-10(16)6-2-3-8(14(18)19)7(12)4-6/h2-4,9,15H,5H2,1H3,(H,13,16). The third-order valence-electron chi connectivity index (χ3n) is 2.34. The molecule has 20 heavy (non-hydrogen) atoms. The molecule has 1 aromatic rings. The largest absolute Gasteiger partial charge is 0.467 e. The van der Waals surface area contributed by atoms with Crippen molar-refractivity contribution < 1.29 is 24.4 Å². The van der Waals surface area contributed by atoms with E-state index in [2.05, 4.69) is 10.1 Å². The highest BCUT2D eigenvalue weighted by molar-refractivity contribution is 6.33. The molecule has 0 bridgehead atoms. The highest BCUT2D eigenvalue weighted by Gasteiger charge is 2.18. The van der Waals surface area contributed by atoms with Crippen molar-refractivity contribution >= 4 is 29.2 Å². The van der Waals surface area contributed by atoms with Gasteiger partial charge in [-0.3, -0.25) is 14.9 Å². The second kappa shape index (κ2) is 6.83. The number of carbonyl (C=O) groups excluding carboxylic acids is 2. The van der Waals surface area contributed by atoms with Gasteiger partial charge in [-0.1, -0.05) is 11.6 Å². The third kappa shape index (κ3) is 3.90. The van der Waals surface area contributed by atoms with Crippen molar-refractivity contribution in [1.82, 2.24) is 5.32 Å². The molecule has 0 radical (unpaired) electrons. The van der Waals surface area contributed by atoms with Crippen LogP contribution in [0.3, 0.4) is 0 Å². The van der Waals surface area contributed by atoms with Gasteiger partial charge in [-0.25, -0.2) is 4.79 Å². The number of nitrogens with zero attached hydrogens (tertiary/aromatic N) is 1. The molecule has 0 aliphatic rings. The Hall–Kier alpha value is -2.19. The highest BCUT2D eigenvalue weighted by atomic mass is 35.5. The van der Waals surface area contributed by atoms with Gasteiger partial charge in [0.1, 0.15) is 5.02 Å². The lowest BCUT2D eigenvalue weighted by Gasteiger charge is -2.09. The van der Waals surface area contributed by atoms with E-state index in [-0.39, 0.29) is 22.8 Å². The van der Waals surface area contributed by atoms with Crippen LogP contribution in [-0.2, 0) is 9.53 Å². The summed E-state index contributed by atoms with van der Waals surface area (Å²) >= 11 is 5.66. The molecule has 0 aliphatic carbocycles. The van der Waals surface area contributed by atoms with Gasteiger partial charge in [-0.2, -0.15) is 0 Å². The van der Waals surface area contributed by atoms with E-state index in [0.29, 0.717) is 0 Å². The summed E-state index contributed by atoms with van der Waals surface area (Å²) in [6, 6.07) is 3.43. The monoisotopic (exact) mass is 302 g/mol. The Morgan fingerprint density at radius 1 is 1.55 bits per heavy atom. The molecule has 0 spiro atoms. The van der Waals surface area contributed by atoms with Crippen molar-refractivity contribution in [2.75, 3.05) is 13.7 Å². The predicted octanol–water partition coefficient (Wildman–Crippen LogP) is 0.512. The van der Waals surface area contributed by atoms with Crippen LogP contribution in [0.5, 0.6) is 0 Å². The van der Waals surface area contributed by atoms with Gasteiger partial charge in [-0.15, -0.1) is 0 Å². The van der Waals surface area contributed by atoms with Gasteiger partial charge in [0.25, 0.3) is 11.6 Å². The molecular formula is C11H11ClN2O6. The van der Waals surface area contributed by atoms with E-state index in [9.17, 15) is 24.8 Å². The smallest absolute Gasteiger partial charge is 0.336 e. The lowest BCUT2D eigenvalue weighted by molar-refractivity contribution is -0.384. The number of ether oxygens (including phenoxy) is 1. The lowest BCUT2D eigenvalue weighted by Crippen LogP contribution is -2.37. The fourth-order valence-corrected chi connectivity index (χ4v) is 1.56. The van der Waals surface area contributed by atoms with Crippen molar-refractivity contribution in [2.45, 2.75) is 6.10 Å². The first-order chi connectivity index (χ1) is 9.36. The number of aliphatic hydroxyl groups excluding tert-OH is 1. The third-order valence-corrected chi connectivity index (χ3v) is 2.64. The summed E-state index contributed by atoms with van der Waals surface area (Å²) < 4.78 is 4.27. The number of halogens is 1. The second-order valence-corrected chi connectivity index (χ2v) is 4.08. The number of nitro groups is 1. The number of hydrogen-bond donors (Lipinski definition) is 2. The Balaban J connectivity index is 2.71. The summed E-state index contributed by atoms with van der Waals surface area (Å²) in [6.45, 7) is -0.347. The van der Waals surface area contributed by atoms with E-state index in [0.717, 1.165) is 19.2 Å². The van der Waals surface area contributed by atoms with Gasteiger partial charge in [-0.05, 0) is 12.1 Å². The molecule has 2 N–H and O–H groups in total. The van der Waals surface area contributed by atoms with Crippen LogP contribution in [0.2, 0.25) is 5.02 Å². The topological polar surface area (TPSA) is 119 Å². The van der Waals surface area contributed by atoms with Gasteiger partial charge < -0.3 is 15.2 Å². The normalized spacial score (nSPS) is 11.6. The average Bonchev–Trinajstić information content (AvgIpc) is 2.42. The molecule has 0 aliphatic heterocycles. The van der Waals surface area contributed by atoms with E-state index in [4.69, 9.17) is 11.6 Å². The molecule has 1 aromatic carbocycles. The van der Waals surface area contributed by atoms with E-state index in [1.165, 1.54) is 6.07 Å². The van der Waals surface area contributed by atoms with Crippen LogP contribution in [0.4, 0.5) is 5.69 Å². The maximum absolute atomic E-state index is 11.7. The van der Waals surface area contributed by atoms with E-state index in [1.54, 1.807) is 0 Å². The zero-order valence-corrected chi connectivity index (χ0v) is 11.1. The SMILES string of the molecule is COC(=O)C(O)CNC(=O)c1ccc([N+](=O)[O-])c(Cl)c1. The summed E-state index contributed by atoms with van der Waals surface area (Å²) in [7, 11) is 1.10. The van der Waals surface area contributed by atoms with Crippen molar-refractivity contribution in [3.63, 3.8) is 0 Å². The van der Waals surface area contributed by atoms with Crippen molar-refractivity contribution in [3.8, 4) is 0 Å². The Bertz CT molecular complexity index is 548. The molecule has 9 heteroatoms. The number of amides is 1. The summed E-state index contributed by atoms with van der Waals surface area (Å²) in [6.07, 6.45) is -1.49. The quantitative estimate of drug-likeness (QED) is 0.465. The first-order valence-corrected chi connectivity index (χ1v) is 5.72. The van der Waals surface area contributed by atoms with Crippen LogP contribution in [0, 0.1) is 10.1 Å². The first kappa shape index (κ1) is 15.9. The molecule has 1 unspecified atom stereocenters. The van der Waals surface area contributed by atoms with E-state index >= 15 is 0 Å². The number of hydrogen-bond acceptors (Lipinski definition) is 6. The number of benzene rings is 1. The predicted molar refractivity (Wildman–Crippen MR) is 68.5 cm³/mol. The molecule has 8 nitrogen and oxygen atoms in total. The summed E-state index contributed by atoms with van der Waals surface area (Å²) in [4.78, 5) is 32.5. The van der Waals surface area contributed by atoms with Crippen molar-refractivity contribution in [2.24, 2.45) is 0 Å². The zero-order chi connectivity index (χ0) is 15.3. The number of methoxy groups -OCH3 is 1. The summed E-state index contributed by atoms with van der Waals surface area (Å²) in [5.41, 5.74) is -0.254. The van der Waals surface area contributed by atoms with Gasteiger partial charge >= 0.3 is 5.97 Å². The van der Waals surface area contributed by atoms with E-state index in [1.807, 2.05) is 0 Å². The fourth-order valence-electron chi connectivity index (χ4n) is 1.31. The molecule has 1 rings (SSSR count). The van der Waals surface area contributed by atoms with Crippen molar-refractivity contribution in [3.05, 3.63) is 38.9 Å². The Labute approximate surface area is 118 Å².